The molecule has 2 aliphatic rings. The van der Waals surface area contributed by atoms with Crippen LogP contribution in [0.25, 0.3) is 0 Å². The second-order valence-corrected chi connectivity index (χ2v) is 6.59. The minimum absolute atomic E-state index is 0.0312. The minimum Gasteiger partial charge on any atom is -0.469 e. The fourth-order valence-corrected chi connectivity index (χ4v) is 3.18. The number of hydrogen-bond donors (Lipinski definition) is 5. The molecule has 5 N–H and O–H groups in total. The summed E-state index contributed by atoms with van der Waals surface area (Å²) in [6.45, 7) is -1.16. The number of carbonyl (C=O) groups excluding carboxylic acids is 2. The van der Waals surface area contributed by atoms with E-state index in [1.807, 2.05) is 0 Å². The van der Waals surface area contributed by atoms with Crippen molar-refractivity contribution in [1.82, 2.24) is 0 Å². The predicted octanol–water partition coefficient (Wildman–Crippen LogP) is -2.69. The molecule has 1 saturated heterocycles. The standard InChI is InChI=1S/C18H26O12/c1-26-12(21)5-9-8(3-4-19)17(28-7-10(9)16(25)27-2)30-18-15(24)14(23)13(22)11(6-20)29-18/h3,7,9,11,13-15,17-20,22-24H,4-6H2,1-2H3. The first kappa shape index (κ1) is 24.2. The fourth-order valence-electron chi connectivity index (χ4n) is 3.18. The zero-order chi connectivity index (χ0) is 22.4. The lowest BCUT2D eigenvalue weighted by atomic mass is 9.86. The van der Waals surface area contributed by atoms with E-state index in [1.165, 1.54) is 13.2 Å². The van der Waals surface area contributed by atoms with Gasteiger partial charge in [0.2, 0.25) is 6.29 Å². The van der Waals surface area contributed by atoms with Gasteiger partial charge in [-0.3, -0.25) is 4.79 Å². The lowest BCUT2D eigenvalue weighted by Gasteiger charge is -2.41. The highest BCUT2D eigenvalue weighted by Gasteiger charge is 2.46. The Labute approximate surface area is 171 Å². The monoisotopic (exact) mass is 434 g/mol. The average Bonchev–Trinajstić information content (AvgIpc) is 2.75. The maximum atomic E-state index is 12.1. The Morgan fingerprint density at radius 3 is 2.37 bits per heavy atom. The number of rotatable bonds is 7. The number of aliphatic hydroxyl groups is 5. The first-order chi connectivity index (χ1) is 14.3. The van der Waals surface area contributed by atoms with Gasteiger partial charge in [-0.15, -0.1) is 0 Å². The van der Waals surface area contributed by atoms with Crippen LogP contribution < -0.4 is 0 Å². The summed E-state index contributed by atoms with van der Waals surface area (Å²) in [6, 6.07) is 0. The van der Waals surface area contributed by atoms with Gasteiger partial charge in [0, 0.05) is 11.5 Å². The Morgan fingerprint density at radius 1 is 1.10 bits per heavy atom. The fraction of sp³-hybridized carbons (Fsp3) is 0.667. The van der Waals surface area contributed by atoms with Gasteiger partial charge in [-0.25, -0.2) is 4.79 Å². The largest absolute Gasteiger partial charge is 0.469 e. The molecule has 2 aliphatic heterocycles. The quantitative estimate of drug-likeness (QED) is 0.207. The van der Waals surface area contributed by atoms with Crippen molar-refractivity contribution in [2.45, 2.75) is 43.4 Å². The molecule has 0 amide bonds. The molecule has 30 heavy (non-hydrogen) atoms. The molecule has 0 aromatic carbocycles. The molecule has 0 radical (unpaired) electrons. The van der Waals surface area contributed by atoms with Crippen molar-refractivity contribution in [3.63, 3.8) is 0 Å². The van der Waals surface area contributed by atoms with Gasteiger partial charge < -0.3 is 49.2 Å². The van der Waals surface area contributed by atoms with Crippen molar-refractivity contribution in [2.24, 2.45) is 5.92 Å². The third-order valence-electron chi connectivity index (χ3n) is 4.82. The molecule has 0 saturated carbocycles. The van der Waals surface area contributed by atoms with Crippen molar-refractivity contribution in [3.8, 4) is 0 Å². The Balaban J connectivity index is 2.32. The van der Waals surface area contributed by atoms with Crippen LogP contribution in [0.2, 0.25) is 0 Å². The van der Waals surface area contributed by atoms with Crippen LogP contribution >= 0.6 is 0 Å². The van der Waals surface area contributed by atoms with Gasteiger partial charge in [0.1, 0.15) is 24.4 Å². The molecule has 0 aromatic heterocycles. The molecule has 2 rings (SSSR count). The van der Waals surface area contributed by atoms with Crippen molar-refractivity contribution < 1.29 is 58.8 Å². The van der Waals surface area contributed by atoms with Crippen molar-refractivity contribution in [2.75, 3.05) is 27.4 Å². The molecule has 0 aromatic rings. The highest BCUT2D eigenvalue weighted by Crippen LogP contribution is 2.36. The molecule has 12 nitrogen and oxygen atoms in total. The zero-order valence-corrected chi connectivity index (χ0v) is 16.4. The molecular weight excluding hydrogens is 408 g/mol. The number of aliphatic hydroxyl groups excluding tert-OH is 5. The van der Waals surface area contributed by atoms with Crippen LogP contribution in [0.3, 0.4) is 0 Å². The zero-order valence-electron chi connectivity index (χ0n) is 16.4. The van der Waals surface area contributed by atoms with Gasteiger partial charge in [-0.2, -0.15) is 0 Å². The van der Waals surface area contributed by atoms with E-state index in [0.29, 0.717) is 0 Å². The number of carbonyl (C=O) groups is 2. The Hall–Kier alpha value is -2.06. The van der Waals surface area contributed by atoms with Gasteiger partial charge in [0.25, 0.3) is 0 Å². The van der Waals surface area contributed by atoms with E-state index in [-0.39, 0.29) is 17.6 Å². The molecule has 170 valence electrons. The maximum absolute atomic E-state index is 12.1. The summed E-state index contributed by atoms with van der Waals surface area (Å²) >= 11 is 0. The highest BCUT2D eigenvalue weighted by molar-refractivity contribution is 5.90. The van der Waals surface area contributed by atoms with E-state index in [4.69, 9.17) is 18.9 Å². The number of esters is 2. The summed E-state index contributed by atoms with van der Waals surface area (Å²) in [7, 11) is 2.31. The average molecular weight is 434 g/mol. The van der Waals surface area contributed by atoms with Crippen molar-refractivity contribution in [1.29, 1.82) is 0 Å². The normalized spacial score (nSPS) is 35.4. The second-order valence-electron chi connectivity index (χ2n) is 6.59. The Morgan fingerprint density at radius 2 is 1.80 bits per heavy atom. The summed E-state index contributed by atoms with van der Waals surface area (Å²) in [5, 5.41) is 48.7. The molecule has 0 bridgehead atoms. The maximum Gasteiger partial charge on any atom is 0.337 e. The second kappa shape index (κ2) is 10.8. The molecule has 1 fully saturated rings. The van der Waals surface area contributed by atoms with Crippen molar-refractivity contribution >= 4 is 11.9 Å². The molecule has 12 heteroatoms. The van der Waals surface area contributed by atoms with Crippen LogP contribution in [0.15, 0.2) is 23.5 Å². The van der Waals surface area contributed by atoms with E-state index in [2.05, 4.69) is 4.74 Å². The molecule has 7 atom stereocenters. The predicted molar refractivity (Wildman–Crippen MR) is 95.1 cm³/mol. The van der Waals surface area contributed by atoms with E-state index in [9.17, 15) is 35.1 Å². The van der Waals surface area contributed by atoms with Crippen LogP contribution in [0.1, 0.15) is 6.42 Å². The third-order valence-corrected chi connectivity index (χ3v) is 4.82. The molecule has 2 heterocycles. The first-order valence-electron chi connectivity index (χ1n) is 9.06. The number of methoxy groups -OCH3 is 2. The van der Waals surface area contributed by atoms with E-state index >= 15 is 0 Å². The SMILES string of the molecule is COC(=O)CC1C(C(=O)OC)=COC(OC2OC(CO)C(O)C(O)C2O)C1=CCO. The van der Waals surface area contributed by atoms with Crippen LogP contribution in [0.4, 0.5) is 0 Å². The summed E-state index contributed by atoms with van der Waals surface area (Å²) in [4.78, 5) is 24.0. The topological polar surface area (TPSA) is 181 Å². The molecular formula is C18H26O12. The van der Waals surface area contributed by atoms with Gasteiger partial charge in [-0.05, 0) is 0 Å². The smallest absolute Gasteiger partial charge is 0.337 e. The summed E-state index contributed by atoms with van der Waals surface area (Å²) in [6.07, 6.45) is -7.10. The van der Waals surface area contributed by atoms with E-state index in [1.54, 1.807) is 0 Å². The lowest BCUT2D eigenvalue weighted by molar-refractivity contribution is -0.327. The Kier molecular flexibility index (Phi) is 8.73. The van der Waals surface area contributed by atoms with Crippen molar-refractivity contribution in [3.05, 3.63) is 23.5 Å². The molecule has 7 unspecified atom stereocenters. The number of ether oxygens (including phenoxy) is 5. The molecule has 0 aliphatic carbocycles. The van der Waals surface area contributed by atoms with Crippen LogP contribution in [-0.2, 0) is 33.3 Å². The molecule has 0 spiro atoms. The van der Waals surface area contributed by atoms with Crippen LogP contribution in [0.5, 0.6) is 0 Å². The van der Waals surface area contributed by atoms with Crippen LogP contribution in [0, 0.1) is 5.92 Å². The summed E-state index contributed by atoms with van der Waals surface area (Å²) < 4.78 is 25.6. The number of hydrogen-bond acceptors (Lipinski definition) is 12. The highest BCUT2D eigenvalue weighted by atomic mass is 16.8. The van der Waals surface area contributed by atoms with Crippen LogP contribution in [-0.4, -0.2) is 102 Å². The Bertz CT molecular complexity index is 672. The van der Waals surface area contributed by atoms with E-state index in [0.717, 1.165) is 13.4 Å². The third kappa shape index (κ3) is 5.16. The van der Waals surface area contributed by atoms with Gasteiger partial charge in [0.15, 0.2) is 6.29 Å². The lowest BCUT2D eigenvalue weighted by Crippen LogP contribution is -2.60. The summed E-state index contributed by atoms with van der Waals surface area (Å²) in [5.74, 6) is -2.38. The van der Waals surface area contributed by atoms with Gasteiger partial charge in [0.05, 0.1) is 45.7 Å². The minimum atomic E-state index is -1.70. The van der Waals surface area contributed by atoms with Gasteiger partial charge >= 0.3 is 11.9 Å². The first-order valence-corrected chi connectivity index (χ1v) is 9.06. The van der Waals surface area contributed by atoms with Gasteiger partial charge in [-0.1, -0.05) is 6.08 Å². The van der Waals surface area contributed by atoms with E-state index < -0.39 is 68.1 Å². The summed E-state index contributed by atoms with van der Waals surface area (Å²) in [5.41, 5.74) is 0.110.